The lowest BCUT2D eigenvalue weighted by atomic mass is 10.3. The van der Waals surface area contributed by atoms with Crippen molar-refractivity contribution in [2.24, 2.45) is 5.73 Å². The summed E-state index contributed by atoms with van der Waals surface area (Å²) in [6, 6.07) is 0. The molecule has 0 bridgehead atoms. The zero-order chi connectivity index (χ0) is 10.6. The molecule has 1 rings (SSSR count). The molecule has 6 nitrogen and oxygen atoms in total. The Morgan fingerprint density at radius 2 is 1.80 bits per heavy atom. The second kappa shape index (κ2) is 6.70. The van der Waals surface area contributed by atoms with E-state index in [9.17, 15) is 4.79 Å². The van der Waals surface area contributed by atoms with Gasteiger partial charge in [0, 0.05) is 26.2 Å². The third kappa shape index (κ3) is 4.10. The molecule has 1 saturated heterocycles. The Morgan fingerprint density at radius 1 is 1.33 bits per heavy atom. The van der Waals surface area contributed by atoms with E-state index in [0.29, 0.717) is 32.8 Å². The molecule has 0 aliphatic carbocycles. The molecule has 1 heterocycles. The second-order valence-electron chi connectivity index (χ2n) is 3.06. The molecule has 1 aliphatic rings. The van der Waals surface area contributed by atoms with Gasteiger partial charge in [-0.25, -0.2) is 4.79 Å². The fraction of sp³-hybridized carbons (Fsp3) is 0.750. The smallest absolute Gasteiger partial charge is 0.409 e. The molecular formula is C8H17IN4O2. The summed E-state index contributed by atoms with van der Waals surface area (Å²) in [7, 11) is 0. The third-order valence-electron chi connectivity index (χ3n) is 2.15. The third-order valence-corrected chi connectivity index (χ3v) is 2.15. The number of nitrogens with zero attached hydrogens (tertiary/aromatic N) is 2. The normalized spacial score (nSPS) is 15.5. The minimum atomic E-state index is -0.282. The van der Waals surface area contributed by atoms with Crippen LogP contribution in [0.3, 0.4) is 0 Å². The number of piperazine rings is 1. The molecule has 0 atom stereocenters. The quantitative estimate of drug-likeness (QED) is 0.411. The number of hydrogen-bond donors (Lipinski definition) is 2. The minimum absolute atomic E-state index is 0. The first-order chi connectivity index (χ1) is 6.65. The van der Waals surface area contributed by atoms with Crippen LogP contribution in [0.15, 0.2) is 0 Å². The fourth-order valence-corrected chi connectivity index (χ4v) is 1.34. The van der Waals surface area contributed by atoms with Gasteiger partial charge in [-0.15, -0.1) is 24.0 Å². The number of halogens is 1. The standard InChI is InChI=1S/C8H16N4O2.HI/c1-2-14-8(13)12-5-3-11(4-6-12)7(9)10;/h2-6H2,1H3,(H3,9,10);1H. The van der Waals surface area contributed by atoms with Crippen molar-refractivity contribution in [3.05, 3.63) is 0 Å². The number of amides is 1. The molecule has 0 aromatic rings. The average molecular weight is 328 g/mol. The molecule has 0 aromatic heterocycles. The van der Waals surface area contributed by atoms with Gasteiger partial charge >= 0.3 is 6.09 Å². The van der Waals surface area contributed by atoms with Crippen LogP contribution in [0.5, 0.6) is 0 Å². The van der Waals surface area contributed by atoms with Crippen molar-refractivity contribution in [2.75, 3.05) is 32.8 Å². The Bertz CT molecular complexity index is 229. The number of nitrogens with two attached hydrogens (primary N) is 1. The van der Waals surface area contributed by atoms with Crippen LogP contribution in [0.25, 0.3) is 0 Å². The van der Waals surface area contributed by atoms with Crippen molar-refractivity contribution in [2.45, 2.75) is 6.92 Å². The summed E-state index contributed by atoms with van der Waals surface area (Å²) in [6.07, 6.45) is -0.282. The number of ether oxygens (including phenoxy) is 1. The Hall–Kier alpha value is -0.730. The second-order valence-corrected chi connectivity index (χ2v) is 3.06. The molecule has 7 heteroatoms. The van der Waals surface area contributed by atoms with Crippen LogP contribution in [-0.4, -0.2) is 54.6 Å². The fourth-order valence-electron chi connectivity index (χ4n) is 1.34. The molecule has 88 valence electrons. The number of rotatable bonds is 1. The predicted molar refractivity (Wildman–Crippen MR) is 67.5 cm³/mol. The minimum Gasteiger partial charge on any atom is -0.450 e. The van der Waals surface area contributed by atoms with E-state index in [1.807, 2.05) is 0 Å². The van der Waals surface area contributed by atoms with E-state index >= 15 is 0 Å². The van der Waals surface area contributed by atoms with Gasteiger partial charge in [0.15, 0.2) is 5.96 Å². The van der Waals surface area contributed by atoms with Gasteiger partial charge < -0.3 is 20.3 Å². The van der Waals surface area contributed by atoms with Gasteiger partial charge in [-0.2, -0.15) is 0 Å². The van der Waals surface area contributed by atoms with Gasteiger partial charge in [0.2, 0.25) is 0 Å². The van der Waals surface area contributed by atoms with Crippen molar-refractivity contribution in [1.29, 1.82) is 5.41 Å². The van der Waals surface area contributed by atoms with Crippen LogP contribution in [0.2, 0.25) is 0 Å². The monoisotopic (exact) mass is 328 g/mol. The topological polar surface area (TPSA) is 82.7 Å². The van der Waals surface area contributed by atoms with Crippen LogP contribution in [0, 0.1) is 5.41 Å². The lowest BCUT2D eigenvalue weighted by molar-refractivity contribution is 0.0917. The summed E-state index contributed by atoms with van der Waals surface area (Å²) >= 11 is 0. The summed E-state index contributed by atoms with van der Waals surface area (Å²) in [5, 5.41) is 7.21. The molecule has 0 unspecified atom stereocenters. The lowest BCUT2D eigenvalue weighted by Crippen LogP contribution is -2.52. The van der Waals surface area contributed by atoms with Crippen LogP contribution >= 0.6 is 24.0 Å². The molecule has 1 amide bonds. The lowest BCUT2D eigenvalue weighted by Gasteiger charge is -2.34. The predicted octanol–water partition coefficient (Wildman–Crippen LogP) is 0.272. The van der Waals surface area contributed by atoms with Crippen molar-refractivity contribution < 1.29 is 9.53 Å². The van der Waals surface area contributed by atoms with Crippen LogP contribution in [-0.2, 0) is 4.74 Å². The van der Waals surface area contributed by atoms with E-state index in [2.05, 4.69) is 0 Å². The first kappa shape index (κ1) is 14.3. The Balaban J connectivity index is 0.00000196. The highest BCUT2D eigenvalue weighted by molar-refractivity contribution is 14.0. The van der Waals surface area contributed by atoms with E-state index in [0.717, 1.165) is 0 Å². The molecule has 0 radical (unpaired) electrons. The summed E-state index contributed by atoms with van der Waals surface area (Å²) < 4.78 is 4.86. The summed E-state index contributed by atoms with van der Waals surface area (Å²) in [6.45, 7) is 4.52. The molecule has 1 fully saturated rings. The highest BCUT2D eigenvalue weighted by Gasteiger charge is 2.21. The summed E-state index contributed by atoms with van der Waals surface area (Å²) in [5.74, 6) is 0.0634. The Morgan fingerprint density at radius 3 is 2.20 bits per heavy atom. The van der Waals surface area contributed by atoms with Gasteiger partial charge in [-0.3, -0.25) is 5.41 Å². The van der Waals surface area contributed by atoms with E-state index in [1.54, 1.807) is 16.7 Å². The van der Waals surface area contributed by atoms with E-state index < -0.39 is 0 Å². The summed E-state index contributed by atoms with van der Waals surface area (Å²) in [4.78, 5) is 14.6. The van der Waals surface area contributed by atoms with Crippen LogP contribution < -0.4 is 5.73 Å². The molecule has 0 saturated carbocycles. The van der Waals surface area contributed by atoms with E-state index in [-0.39, 0.29) is 36.0 Å². The molecular weight excluding hydrogens is 311 g/mol. The van der Waals surface area contributed by atoms with Crippen LogP contribution in [0.1, 0.15) is 6.92 Å². The van der Waals surface area contributed by atoms with Gasteiger partial charge in [-0.05, 0) is 6.92 Å². The van der Waals surface area contributed by atoms with Crippen molar-refractivity contribution >= 4 is 36.0 Å². The number of carbonyl (C=O) groups excluding carboxylic acids is 1. The van der Waals surface area contributed by atoms with Gasteiger partial charge in [-0.1, -0.05) is 0 Å². The molecule has 1 aliphatic heterocycles. The molecule has 0 spiro atoms. The first-order valence-electron chi connectivity index (χ1n) is 4.65. The van der Waals surface area contributed by atoms with E-state index in [4.69, 9.17) is 15.9 Å². The number of nitrogens with one attached hydrogen (secondary N) is 1. The van der Waals surface area contributed by atoms with Crippen molar-refractivity contribution in [3.63, 3.8) is 0 Å². The SMILES string of the molecule is CCOC(=O)N1CCN(C(=N)N)CC1.I. The number of guanidine groups is 1. The Labute approximate surface area is 106 Å². The van der Waals surface area contributed by atoms with Crippen molar-refractivity contribution in [3.8, 4) is 0 Å². The van der Waals surface area contributed by atoms with E-state index in [1.165, 1.54) is 0 Å². The van der Waals surface area contributed by atoms with Crippen molar-refractivity contribution in [1.82, 2.24) is 9.80 Å². The highest BCUT2D eigenvalue weighted by atomic mass is 127. The molecule has 0 aromatic carbocycles. The maximum absolute atomic E-state index is 11.3. The van der Waals surface area contributed by atoms with Gasteiger partial charge in [0.05, 0.1) is 6.61 Å². The summed E-state index contributed by atoms with van der Waals surface area (Å²) in [5.41, 5.74) is 5.32. The number of hydrogen-bond acceptors (Lipinski definition) is 3. The zero-order valence-corrected chi connectivity index (χ0v) is 11.1. The average Bonchev–Trinajstić information content (AvgIpc) is 2.18. The Kier molecular flexibility index (Phi) is 6.37. The first-order valence-corrected chi connectivity index (χ1v) is 4.65. The zero-order valence-electron chi connectivity index (χ0n) is 8.73. The number of carbonyl (C=O) groups is 1. The molecule has 15 heavy (non-hydrogen) atoms. The molecule has 3 N–H and O–H groups in total. The van der Waals surface area contributed by atoms with Gasteiger partial charge in [0.1, 0.15) is 0 Å². The highest BCUT2D eigenvalue weighted by Crippen LogP contribution is 2.02. The van der Waals surface area contributed by atoms with Gasteiger partial charge in [0.25, 0.3) is 0 Å². The largest absolute Gasteiger partial charge is 0.450 e. The van der Waals surface area contributed by atoms with Crippen LogP contribution in [0.4, 0.5) is 4.79 Å². The maximum Gasteiger partial charge on any atom is 0.409 e. The maximum atomic E-state index is 11.3.